The molecule has 1 unspecified atom stereocenters. The summed E-state index contributed by atoms with van der Waals surface area (Å²) in [6, 6.07) is 13.4. The van der Waals surface area contributed by atoms with Gasteiger partial charge < -0.3 is 19.7 Å². The molecule has 1 aliphatic rings. The van der Waals surface area contributed by atoms with Gasteiger partial charge in [-0.15, -0.1) is 0 Å². The van der Waals surface area contributed by atoms with E-state index in [4.69, 9.17) is 9.47 Å². The molecule has 2 aromatic rings. The maximum atomic E-state index is 12.8. The van der Waals surface area contributed by atoms with Crippen LogP contribution in [0.3, 0.4) is 0 Å². The number of nitrogens with one attached hydrogen (secondary N) is 1. The van der Waals surface area contributed by atoms with Crippen molar-refractivity contribution in [3.63, 3.8) is 0 Å². The first-order valence-electron chi connectivity index (χ1n) is 11.9. The van der Waals surface area contributed by atoms with E-state index in [1.54, 1.807) is 19.1 Å². The number of hydrogen-bond acceptors (Lipinski definition) is 4. The Kier molecular flexibility index (Phi) is 8.37. The van der Waals surface area contributed by atoms with Crippen molar-refractivity contribution in [3.05, 3.63) is 59.2 Å². The number of piperidine rings is 1. The van der Waals surface area contributed by atoms with Crippen LogP contribution < -0.4 is 14.8 Å². The zero-order chi connectivity index (χ0) is 24.0. The van der Waals surface area contributed by atoms with Gasteiger partial charge in [0, 0.05) is 24.7 Å². The normalized spacial score (nSPS) is 15.3. The van der Waals surface area contributed by atoms with Gasteiger partial charge in [-0.2, -0.15) is 0 Å². The fraction of sp³-hybridized carbons (Fsp3) is 0.481. The van der Waals surface area contributed by atoms with E-state index in [1.165, 1.54) is 0 Å². The van der Waals surface area contributed by atoms with E-state index in [0.29, 0.717) is 31.2 Å². The Balaban J connectivity index is 1.51. The molecule has 1 aliphatic heterocycles. The molecule has 0 bridgehead atoms. The molecule has 1 fully saturated rings. The Bertz CT molecular complexity index is 947. The van der Waals surface area contributed by atoms with Crippen molar-refractivity contribution in [2.45, 2.75) is 65.5 Å². The van der Waals surface area contributed by atoms with Crippen LogP contribution in [-0.4, -0.2) is 48.6 Å². The molecule has 1 heterocycles. The predicted octanol–water partition coefficient (Wildman–Crippen LogP) is 4.71. The van der Waals surface area contributed by atoms with Crippen molar-refractivity contribution in [1.82, 2.24) is 10.2 Å². The third-order valence-corrected chi connectivity index (χ3v) is 6.00. The summed E-state index contributed by atoms with van der Waals surface area (Å²) in [6.07, 6.45) is 0.860. The largest absolute Gasteiger partial charge is 0.494 e. The summed E-state index contributed by atoms with van der Waals surface area (Å²) in [5, 5.41) is 3.10. The van der Waals surface area contributed by atoms with Crippen LogP contribution in [0.1, 0.15) is 67.9 Å². The second kappa shape index (κ2) is 11.2. The van der Waals surface area contributed by atoms with Crippen LogP contribution in [-0.2, 0) is 4.79 Å². The number of carbonyl (C=O) groups is 2. The first-order chi connectivity index (χ1) is 15.8. The molecule has 1 saturated heterocycles. The van der Waals surface area contributed by atoms with E-state index in [1.807, 2.05) is 36.9 Å². The molecule has 178 valence electrons. The Labute approximate surface area is 197 Å². The van der Waals surface area contributed by atoms with Gasteiger partial charge in [0.25, 0.3) is 11.8 Å². The lowest BCUT2D eigenvalue weighted by atomic mass is 10.0. The van der Waals surface area contributed by atoms with Crippen LogP contribution in [0.25, 0.3) is 0 Å². The molecule has 0 aromatic heterocycles. The van der Waals surface area contributed by atoms with Crippen LogP contribution >= 0.6 is 0 Å². The number of hydrogen-bond donors (Lipinski definition) is 1. The van der Waals surface area contributed by atoms with Crippen LogP contribution in [0.4, 0.5) is 0 Å². The third-order valence-electron chi connectivity index (χ3n) is 6.00. The van der Waals surface area contributed by atoms with Gasteiger partial charge in [0.1, 0.15) is 11.5 Å². The summed E-state index contributed by atoms with van der Waals surface area (Å²) in [5.74, 6) is 1.73. The van der Waals surface area contributed by atoms with E-state index in [2.05, 4.69) is 31.3 Å². The molecule has 1 atom stereocenters. The van der Waals surface area contributed by atoms with Crippen molar-refractivity contribution in [3.8, 4) is 11.5 Å². The standard InChI is InChI=1S/C27H36N2O4/c1-6-32-23-10-8-21(9-11-23)27(31)29-15-13-22(14-16-29)28-26(30)20(5)33-25-17-19(4)7-12-24(25)18(2)3/h7-12,17-18,20,22H,6,13-16H2,1-5H3,(H,28,30). The molecule has 3 rings (SSSR count). The lowest BCUT2D eigenvalue weighted by Crippen LogP contribution is -2.49. The first-order valence-corrected chi connectivity index (χ1v) is 11.9. The van der Waals surface area contributed by atoms with E-state index in [-0.39, 0.29) is 17.9 Å². The highest BCUT2D eigenvalue weighted by Crippen LogP contribution is 2.28. The van der Waals surface area contributed by atoms with Gasteiger partial charge in [-0.05, 0) is 81.0 Å². The quantitative estimate of drug-likeness (QED) is 0.630. The maximum Gasteiger partial charge on any atom is 0.260 e. The zero-order valence-electron chi connectivity index (χ0n) is 20.4. The third kappa shape index (κ3) is 6.50. The molecule has 2 aromatic carbocycles. The van der Waals surface area contributed by atoms with Gasteiger partial charge in [0.15, 0.2) is 6.10 Å². The minimum atomic E-state index is -0.590. The van der Waals surface area contributed by atoms with Gasteiger partial charge in [-0.3, -0.25) is 9.59 Å². The fourth-order valence-corrected chi connectivity index (χ4v) is 4.05. The van der Waals surface area contributed by atoms with Crippen molar-refractivity contribution in [2.75, 3.05) is 19.7 Å². The van der Waals surface area contributed by atoms with Gasteiger partial charge in [-0.25, -0.2) is 0 Å². The Morgan fingerprint density at radius 2 is 1.73 bits per heavy atom. The van der Waals surface area contributed by atoms with Crippen molar-refractivity contribution >= 4 is 11.8 Å². The van der Waals surface area contributed by atoms with Crippen LogP contribution in [0.5, 0.6) is 11.5 Å². The highest BCUT2D eigenvalue weighted by Gasteiger charge is 2.26. The molecule has 6 heteroatoms. The van der Waals surface area contributed by atoms with Crippen molar-refractivity contribution in [2.24, 2.45) is 0 Å². The summed E-state index contributed by atoms with van der Waals surface area (Å²) in [5.41, 5.74) is 2.86. The lowest BCUT2D eigenvalue weighted by molar-refractivity contribution is -0.128. The predicted molar refractivity (Wildman–Crippen MR) is 130 cm³/mol. The molecular weight excluding hydrogens is 416 g/mol. The molecular formula is C27H36N2O4. The number of amides is 2. The second-order valence-electron chi connectivity index (χ2n) is 8.99. The zero-order valence-corrected chi connectivity index (χ0v) is 20.4. The topological polar surface area (TPSA) is 67.9 Å². The highest BCUT2D eigenvalue weighted by atomic mass is 16.5. The maximum absolute atomic E-state index is 12.8. The van der Waals surface area contributed by atoms with Crippen LogP contribution in [0.15, 0.2) is 42.5 Å². The minimum absolute atomic E-state index is 0.0141. The Morgan fingerprint density at radius 3 is 2.33 bits per heavy atom. The fourth-order valence-electron chi connectivity index (χ4n) is 4.05. The average molecular weight is 453 g/mol. The number of rotatable bonds is 8. The highest BCUT2D eigenvalue weighted by molar-refractivity contribution is 5.94. The minimum Gasteiger partial charge on any atom is -0.494 e. The van der Waals surface area contributed by atoms with Crippen LogP contribution in [0.2, 0.25) is 0 Å². The van der Waals surface area contributed by atoms with E-state index in [0.717, 1.165) is 35.5 Å². The van der Waals surface area contributed by atoms with Gasteiger partial charge in [-0.1, -0.05) is 26.0 Å². The number of ether oxygens (including phenoxy) is 2. The molecule has 2 amide bonds. The summed E-state index contributed by atoms with van der Waals surface area (Å²) in [4.78, 5) is 27.4. The van der Waals surface area contributed by atoms with Gasteiger partial charge in [0.05, 0.1) is 6.61 Å². The molecule has 0 saturated carbocycles. The van der Waals surface area contributed by atoms with E-state index in [9.17, 15) is 9.59 Å². The van der Waals surface area contributed by atoms with Crippen molar-refractivity contribution < 1.29 is 19.1 Å². The molecule has 0 aliphatic carbocycles. The number of aryl methyl sites for hydroxylation is 1. The summed E-state index contributed by atoms with van der Waals surface area (Å²) in [7, 11) is 0. The first kappa shape index (κ1) is 24.6. The molecule has 6 nitrogen and oxygen atoms in total. The number of benzene rings is 2. The van der Waals surface area contributed by atoms with E-state index >= 15 is 0 Å². The second-order valence-corrected chi connectivity index (χ2v) is 8.99. The number of nitrogens with zero attached hydrogens (tertiary/aromatic N) is 1. The number of likely N-dealkylation sites (tertiary alicyclic amines) is 1. The molecule has 33 heavy (non-hydrogen) atoms. The Morgan fingerprint density at radius 1 is 1.06 bits per heavy atom. The SMILES string of the molecule is CCOc1ccc(C(=O)N2CCC(NC(=O)C(C)Oc3cc(C)ccc3C(C)C)CC2)cc1. The van der Waals surface area contributed by atoms with Crippen molar-refractivity contribution in [1.29, 1.82) is 0 Å². The monoisotopic (exact) mass is 452 g/mol. The van der Waals surface area contributed by atoms with Crippen LogP contribution in [0, 0.1) is 6.92 Å². The molecule has 0 spiro atoms. The molecule has 1 N–H and O–H groups in total. The number of carbonyl (C=O) groups excluding carboxylic acids is 2. The summed E-state index contributed by atoms with van der Waals surface area (Å²) < 4.78 is 11.5. The Hall–Kier alpha value is -3.02. The lowest BCUT2D eigenvalue weighted by Gasteiger charge is -2.33. The van der Waals surface area contributed by atoms with Gasteiger partial charge in [0.2, 0.25) is 0 Å². The molecule has 0 radical (unpaired) electrons. The van der Waals surface area contributed by atoms with Gasteiger partial charge >= 0.3 is 0 Å². The summed E-state index contributed by atoms with van der Waals surface area (Å²) >= 11 is 0. The average Bonchev–Trinajstić information content (AvgIpc) is 2.79. The summed E-state index contributed by atoms with van der Waals surface area (Å²) in [6.45, 7) is 11.8. The smallest absolute Gasteiger partial charge is 0.260 e. The van der Waals surface area contributed by atoms with E-state index < -0.39 is 6.10 Å².